The first kappa shape index (κ1) is 12.9. The maximum Gasteiger partial charge on any atom is 0.255 e. The highest BCUT2D eigenvalue weighted by Crippen LogP contribution is 2.25. The topological polar surface area (TPSA) is 55.1 Å². The van der Waals surface area contributed by atoms with E-state index < -0.39 is 0 Å². The van der Waals surface area contributed by atoms with Gasteiger partial charge in [0.05, 0.1) is 5.69 Å². The molecule has 92 valence electrons. The fraction of sp³-hybridized carbons (Fsp3) is 0. The first-order valence-corrected chi connectivity index (χ1v) is 6.35. The van der Waals surface area contributed by atoms with Gasteiger partial charge >= 0.3 is 0 Å². The van der Waals surface area contributed by atoms with Gasteiger partial charge in [0.1, 0.15) is 0 Å². The summed E-state index contributed by atoms with van der Waals surface area (Å²) in [6, 6.07) is 11.9. The number of rotatable bonds is 2. The van der Waals surface area contributed by atoms with Crippen LogP contribution in [0.5, 0.6) is 0 Å². The van der Waals surface area contributed by atoms with Crippen molar-refractivity contribution in [2.45, 2.75) is 0 Å². The van der Waals surface area contributed by atoms with E-state index in [2.05, 4.69) is 21.2 Å². The van der Waals surface area contributed by atoms with Crippen molar-refractivity contribution in [2.24, 2.45) is 0 Å². The highest BCUT2D eigenvalue weighted by Gasteiger charge is 2.08. The highest BCUT2D eigenvalue weighted by atomic mass is 79.9. The van der Waals surface area contributed by atoms with E-state index in [-0.39, 0.29) is 5.91 Å². The average Bonchev–Trinajstić information content (AvgIpc) is 2.33. The molecule has 0 atom stereocenters. The molecular weight excluding hydrogens is 316 g/mol. The summed E-state index contributed by atoms with van der Waals surface area (Å²) in [5, 5.41) is 3.39. The molecule has 0 saturated heterocycles. The van der Waals surface area contributed by atoms with Crippen LogP contribution < -0.4 is 11.1 Å². The highest BCUT2D eigenvalue weighted by molar-refractivity contribution is 9.10. The third-order valence-electron chi connectivity index (χ3n) is 2.35. The second kappa shape index (κ2) is 5.42. The third-order valence-corrected chi connectivity index (χ3v) is 3.26. The number of hydrogen-bond donors (Lipinski definition) is 2. The Bertz CT molecular complexity index is 584. The lowest BCUT2D eigenvalue weighted by Crippen LogP contribution is -2.12. The lowest BCUT2D eigenvalue weighted by Gasteiger charge is -2.08. The molecule has 0 spiro atoms. The van der Waals surface area contributed by atoms with Crippen molar-refractivity contribution in [3.63, 3.8) is 0 Å². The van der Waals surface area contributed by atoms with Gasteiger partial charge in [-0.2, -0.15) is 0 Å². The van der Waals surface area contributed by atoms with Crippen molar-refractivity contribution in [1.82, 2.24) is 0 Å². The van der Waals surface area contributed by atoms with Crippen LogP contribution in [-0.4, -0.2) is 5.91 Å². The predicted octanol–water partition coefficient (Wildman–Crippen LogP) is 3.94. The molecule has 2 aromatic rings. The van der Waals surface area contributed by atoms with Gasteiger partial charge in [-0.1, -0.05) is 11.6 Å². The molecule has 0 aromatic heterocycles. The number of nitrogen functional groups attached to an aromatic ring is 1. The predicted molar refractivity (Wildman–Crippen MR) is 78.0 cm³/mol. The summed E-state index contributed by atoms with van der Waals surface area (Å²) in [5.41, 5.74) is 7.47. The lowest BCUT2D eigenvalue weighted by atomic mass is 10.2. The second-order valence-corrected chi connectivity index (χ2v) is 4.99. The van der Waals surface area contributed by atoms with E-state index in [0.29, 0.717) is 22.0 Å². The molecule has 0 radical (unpaired) electrons. The van der Waals surface area contributed by atoms with Crippen molar-refractivity contribution in [3.8, 4) is 0 Å². The van der Waals surface area contributed by atoms with Crippen LogP contribution in [0.2, 0.25) is 5.02 Å². The number of anilines is 2. The zero-order valence-electron chi connectivity index (χ0n) is 9.28. The number of carbonyl (C=O) groups is 1. The summed E-state index contributed by atoms with van der Waals surface area (Å²) >= 11 is 9.11. The van der Waals surface area contributed by atoms with Crippen LogP contribution in [0.25, 0.3) is 0 Å². The van der Waals surface area contributed by atoms with Gasteiger partial charge in [0.25, 0.3) is 5.91 Å². The zero-order chi connectivity index (χ0) is 13.1. The maximum absolute atomic E-state index is 12.0. The molecule has 0 aliphatic heterocycles. The van der Waals surface area contributed by atoms with E-state index in [1.807, 2.05) is 0 Å². The summed E-state index contributed by atoms with van der Waals surface area (Å²) < 4.78 is 0.741. The largest absolute Gasteiger partial charge is 0.399 e. The minimum atomic E-state index is -0.197. The van der Waals surface area contributed by atoms with Crippen LogP contribution in [0, 0.1) is 0 Å². The quantitative estimate of drug-likeness (QED) is 0.822. The fourth-order valence-electron chi connectivity index (χ4n) is 1.43. The molecule has 0 aliphatic carbocycles. The molecule has 3 N–H and O–H groups in total. The van der Waals surface area contributed by atoms with Crippen LogP contribution in [0.15, 0.2) is 46.9 Å². The molecule has 0 saturated carbocycles. The van der Waals surface area contributed by atoms with E-state index in [4.69, 9.17) is 17.3 Å². The summed E-state index contributed by atoms with van der Waals surface area (Å²) in [5.74, 6) is -0.197. The van der Waals surface area contributed by atoms with Crippen molar-refractivity contribution in [1.29, 1.82) is 0 Å². The van der Waals surface area contributed by atoms with Gasteiger partial charge in [0, 0.05) is 20.7 Å². The van der Waals surface area contributed by atoms with Crippen LogP contribution >= 0.6 is 27.5 Å². The molecule has 18 heavy (non-hydrogen) atoms. The molecule has 0 unspecified atom stereocenters. The van der Waals surface area contributed by atoms with Crippen molar-refractivity contribution < 1.29 is 4.79 Å². The van der Waals surface area contributed by atoms with Crippen LogP contribution in [0.1, 0.15) is 10.4 Å². The smallest absolute Gasteiger partial charge is 0.255 e. The summed E-state index contributed by atoms with van der Waals surface area (Å²) in [6.45, 7) is 0. The fourth-order valence-corrected chi connectivity index (χ4v) is 2.05. The zero-order valence-corrected chi connectivity index (χ0v) is 11.6. The number of amides is 1. The normalized spacial score (nSPS) is 10.1. The second-order valence-electron chi connectivity index (χ2n) is 3.70. The SMILES string of the molecule is Nc1ccc(NC(=O)c2ccc(Cl)cc2)c(Br)c1. The summed E-state index contributed by atoms with van der Waals surface area (Å²) in [7, 11) is 0. The van der Waals surface area contributed by atoms with E-state index in [1.165, 1.54) is 0 Å². The van der Waals surface area contributed by atoms with Crippen LogP contribution in [0.4, 0.5) is 11.4 Å². The Labute approximate surface area is 118 Å². The molecule has 2 rings (SSSR count). The molecule has 1 amide bonds. The first-order valence-electron chi connectivity index (χ1n) is 5.18. The summed E-state index contributed by atoms with van der Waals surface area (Å²) in [6.07, 6.45) is 0. The molecule has 0 fully saturated rings. The minimum Gasteiger partial charge on any atom is -0.399 e. The average molecular weight is 326 g/mol. The molecule has 2 aromatic carbocycles. The monoisotopic (exact) mass is 324 g/mol. The van der Waals surface area contributed by atoms with Gasteiger partial charge in [-0.3, -0.25) is 4.79 Å². The standard InChI is InChI=1S/C13H10BrClN2O/c14-11-7-10(16)5-6-12(11)17-13(18)8-1-3-9(15)4-2-8/h1-7H,16H2,(H,17,18). The molecule has 0 bridgehead atoms. The van der Waals surface area contributed by atoms with Crippen molar-refractivity contribution >= 4 is 44.8 Å². The van der Waals surface area contributed by atoms with E-state index in [9.17, 15) is 4.79 Å². The Hall–Kier alpha value is -1.52. The van der Waals surface area contributed by atoms with Gasteiger partial charge in [-0.25, -0.2) is 0 Å². The minimum absolute atomic E-state index is 0.197. The number of nitrogens with one attached hydrogen (secondary N) is 1. The molecule has 3 nitrogen and oxygen atoms in total. The van der Waals surface area contributed by atoms with E-state index >= 15 is 0 Å². The van der Waals surface area contributed by atoms with Gasteiger partial charge in [-0.15, -0.1) is 0 Å². The molecule has 5 heteroatoms. The molecule has 0 heterocycles. The number of nitrogens with two attached hydrogens (primary N) is 1. The van der Waals surface area contributed by atoms with Gasteiger partial charge in [0.15, 0.2) is 0 Å². The Balaban J connectivity index is 2.18. The number of hydrogen-bond acceptors (Lipinski definition) is 2. The molecular formula is C13H10BrClN2O. The van der Waals surface area contributed by atoms with Crippen LogP contribution in [-0.2, 0) is 0 Å². The van der Waals surface area contributed by atoms with Crippen molar-refractivity contribution in [2.75, 3.05) is 11.1 Å². The van der Waals surface area contributed by atoms with Gasteiger partial charge < -0.3 is 11.1 Å². The first-order chi connectivity index (χ1) is 8.56. The number of halogens is 2. The lowest BCUT2D eigenvalue weighted by molar-refractivity contribution is 0.102. The van der Waals surface area contributed by atoms with E-state index in [0.717, 1.165) is 4.47 Å². The Morgan fingerprint density at radius 3 is 2.44 bits per heavy atom. The number of benzene rings is 2. The Morgan fingerprint density at radius 2 is 1.83 bits per heavy atom. The Kier molecular flexibility index (Phi) is 3.89. The van der Waals surface area contributed by atoms with E-state index in [1.54, 1.807) is 42.5 Å². The van der Waals surface area contributed by atoms with Crippen molar-refractivity contribution in [3.05, 3.63) is 57.5 Å². The summed E-state index contributed by atoms with van der Waals surface area (Å²) in [4.78, 5) is 12.0. The molecule has 0 aliphatic rings. The van der Waals surface area contributed by atoms with Gasteiger partial charge in [-0.05, 0) is 58.4 Å². The van der Waals surface area contributed by atoms with Gasteiger partial charge in [0.2, 0.25) is 0 Å². The Morgan fingerprint density at radius 1 is 1.17 bits per heavy atom. The maximum atomic E-state index is 12.0. The number of carbonyl (C=O) groups excluding carboxylic acids is 1. The third kappa shape index (κ3) is 3.03. The van der Waals surface area contributed by atoms with Crippen LogP contribution in [0.3, 0.4) is 0 Å².